The fourth-order valence-electron chi connectivity index (χ4n) is 1.98. The standard InChI is InChI=1S/2C9H13.ClH.Hf/c2*1-2-3-6-9-7-4-5-8-9;;/h2*4,7H,2-3,5-6H2,1H3;1H;/q2*-1;;. The van der Waals surface area contributed by atoms with E-state index in [4.69, 9.17) is 0 Å². The van der Waals surface area contributed by atoms with E-state index < -0.39 is 0 Å². The molecule has 2 rings (SSSR count). The van der Waals surface area contributed by atoms with E-state index >= 15 is 0 Å². The Labute approximate surface area is 150 Å². The molecule has 112 valence electrons. The summed E-state index contributed by atoms with van der Waals surface area (Å²) < 4.78 is 0. The van der Waals surface area contributed by atoms with Crippen molar-refractivity contribution in [3.63, 3.8) is 0 Å². The van der Waals surface area contributed by atoms with Crippen LogP contribution in [0.5, 0.6) is 0 Å². The van der Waals surface area contributed by atoms with Gasteiger partial charge in [-0.15, -0.1) is 25.2 Å². The molecule has 0 spiro atoms. The molecule has 0 unspecified atom stereocenters. The topological polar surface area (TPSA) is 0 Å². The average molecular weight is 457 g/mol. The SMILES string of the molecule is CCCCC1=[C-]CC=C1.CCCCC1=[C-]CC=C1.Cl.[Hf]. The molecule has 2 aliphatic rings. The molecule has 0 fully saturated rings. The van der Waals surface area contributed by atoms with Gasteiger partial charge in [-0.1, -0.05) is 52.4 Å². The number of hydrogen-bond acceptors (Lipinski definition) is 0. The molecule has 0 bridgehead atoms. The molecule has 0 amide bonds. The monoisotopic (exact) mass is 458 g/mol. The van der Waals surface area contributed by atoms with E-state index in [0.717, 1.165) is 12.8 Å². The van der Waals surface area contributed by atoms with Gasteiger partial charge in [0.25, 0.3) is 0 Å². The second-order valence-electron chi connectivity index (χ2n) is 4.82. The van der Waals surface area contributed by atoms with E-state index in [2.05, 4.69) is 50.3 Å². The summed E-state index contributed by atoms with van der Waals surface area (Å²) in [4.78, 5) is 0. The van der Waals surface area contributed by atoms with Crippen LogP contribution in [0.15, 0.2) is 35.5 Å². The van der Waals surface area contributed by atoms with Gasteiger partial charge >= 0.3 is 0 Å². The van der Waals surface area contributed by atoms with E-state index in [1.165, 1.54) is 49.7 Å². The molecule has 0 heterocycles. The maximum atomic E-state index is 3.30. The molecule has 0 saturated heterocycles. The second kappa shape index (κ2) is 15.5. The van der Waals surface area contributed by atoms with E-state index in [-0.39, 0.29) is 38.3 Å². The molecule has 0 aromatic rings. The van der Waals surface area contributed by atoms with Gasteiger partial charge in [-0.2, -0.15) is 12.2 Å². The molecule has 0 aromatic heterocycles. The molecule has 0 radical (unpaired) electrons. The third kappa shape index (κ3) is 10.9. The van der Waals surface area contributed by atoms with Crippen molar-refractivity contribution in [2.24, 2.45) is 0 Å². The Morgan fingerprint density at radius 2 is 1.25 bits per heavy atom. The summed E-state index contributed by atoms with van der Waals surface area (Å²) in [7, 11) is 0. The van der Waals surface area contributed by atoms with E-state index in [0.29, 0.717) is 0 Å². The Morgan fingerprint density at radius 1 is 0.850 bits per heavy atom. The van der Waals surface area contributed by atoms with Crippen LogP contribution in [0.1, 0.15) is 65.2 Å². The molecule has 0 N–H and O–H groups in total. The van der Waals surface area contributed by atoms with Crippen LogP contribution in [-0.4, -0.2) is 0 Å². The van der Waals surface area contributed by atoms with Crippen molar-refractivity contribution in [2.75, 3.05) is 0 Å². The number of allylic oxidation sites excluding steroid dienone is 8. The zero-order chi connectivity index (χ0) is 13.1. The van der Waals surface area contributed by atoms with E-state index in [9.17, 15) is 0 Å². The van der Waals surface area contributed by atoms with Crippen LogP contribution in [0.3, 0.4) is 0 Å². The van der Waals surface area contributed by atoms with Gasteiger partial charge in [0.15, 0.2) is 0 Å². The predicted molar refractivity (Wildman–Crippen MR) is 87.3 cm³/mol. The maximum Gasteiger partial charge on any atom is 0 e. The third-order valence-corrected chi connectivity index (χ3v) is 3.13. The van der Waals surface area contributed by atoms with Crippen molar-refractivity contribution in [3.8, 4) is 0 Å². The minimum atomic E-state index is 0. The summed E-state index contributed by atoms with van der Waals surface area (Å²) in [6.45, 7) is 4.44. The van der Waals surface area contributed by atoms with Crippen LogP contribution in [-0.2, 0) is 25.8 Å². The van der Waals surface area contributed by atoms with Crippen LogP contribution >= 0.6 is 12.4 Å². The van der Waals surface area contributed by atoms with Crippen molar-refractivity contribution in [3.05, 3.63) is 47.6 Å². The molecule has 0 atom stereocenters. The first-order valence-corrected chi connectivity index (χ1v) is 7.39. The fraction of sp³-hybridized carbons (Fsp3) is 0.556. The first kappa shape index (κ1) is 22.4. The number of rotatable bonds is 6. The normalized spacial score (nSPS) is 14.7. The summed E-state index contributed by atoms with van der Waals surface area (Å²) in [6.07, 6.45) is 25.1. The van der Waals surface area contributed by atoms with Crippen LogP contribution in [0.2, 0.25) is 0 Å². The van der Waals surface area contributed by atoms with Crippen molar-refractivity contribution in [1.29, 1.82) is 0 Å². The summed E-state index contributed by atoms with van der Waals surface area (Å²) in [5.74, 6) is 0. The van der Waals surface area contributed by atoms with Gasteiger partial charge in [0.05, 0.1) is 0 Å². The van der Waals surface area contributed by atoms with Crippen LogP contribution in [0.25, 0.3) is 0 Å². The molecule has 0 nitrogen and oxygen atoms in total. The quantitative estimate of drug-likeness (QED) is 0.332. The molecule has 0 aliphatic heterocycles. The number of hydrogen-bond donors (Lipinski definition) is 0. The fourth-order valence-corrected chi connectivity index (χ4v) is 1.98. The van der Waals surface area contributed by atoms with Crippen LogP contribution < -0.4 is 0 Å². The predicted octanol–water partition coefficient (Wildman–Crippen LogP) is 6.15. The third-order valence-electron chi connectivity index (χ3n) is 3.13. The van der Waals surface area contributed by atoms with Gasteiger partial charge in [-0.3, -0.25) is 12.2 Å². The molecule has 2 heteroatoms. The summed E-state index contributed by atoms with van der Waals surface area (Å²) in [5.41, 5.74) is 2.83. The first-order chi connectivity index (χ1) is 8.86. The smallest absolute Gasteiger partial charge is 0 e. The largest absolute Gasteiger partial charge is 0.269 e. The van der Waals surface area contributed by atoms with Gasteiger partial charge in [0, 0.05) is 25.8 Å². The van der Waals surface area contributed by atoms with Gasteiger partial charge in [-0.25, -0.2) is 23.3 Å². The Bertz CT molecular complexity index is 303. The zero-order valence-corrected chi connectivity index (χ0v) is 17.3. The maximum absolute atomic E-state index is 3.30. The molecule has 2 aliphatic carbocycles. The van der Waals surface area contributed by atoms with Crippen LogP contribution in [0, 0.1) is 12.2 Å². The number of halogens is 1. The van der Waals surface area contributed by atoms with Gasteiger partial charge in [0.1, 0.15) is 0 Å². The van der Waals surface area contributed by atoms with Gasteiger partial charge < -0.3 is 0 Å². The Kier molecular flexibility index (Phi) is 17.4. The van der Waals surface area contributed by atoms with Crippen molar-refractivity contribution >= 4 is 12.4 Å². The summed E-state index contributed by atoms with van der Waals surface area (Å²) >= 11 is 0. The second-order valence-corrected chi connectivity index (χ2v) is 4.82. The van der Waals surface area contributed by atoms with Gasteiger partial charge in [-0.05, 0) is 0 Å². The Morgan fingerprint density at radius 3 is 1.50 bits per heavy atom. The molecule has 20 heavy (non-hydrogen) atoms. The minimum absolute atomic E-state index is 0. The van der Waals surface area contributed by atoms with Crippen molar-refractivity contribution < 1.29 is 25.8 Å². The van der Waals surface area contributed by atoms with Crippen LogP contribution in [0.4, 0.5) is 0 Å². The Hall–Kier alpha value is 0.120. The average Bonchev–Trinajstić information content (AvgIpc) is 3.07. The number of unbranched alkanes of at least 4 members (excludes halogenated alkanes) is 2. The first-order valence-electron chi connectivity index (χ1n) is 7.39. The Balaban J connectivity index is 0. The zero-order valence-electron chi connectivity index (χ0n) is 12.9. The summed E-state index contributed by atoms with van der Waals surface area (Å²) in [6, 6.07) is 0. The van der Waals surface area contributed by atoms with E-state index in [1.807, 2.05) is 0 Å². The van der Waals surface area contributed by atoms with Gasteiger partial charge in [0.2, 0.25) is 0 Å². The van der Waals surface area contributed by atoms with Crippen molar-refractivity contribution in [2.45, 2.75) is 65.2 Å². The molecular formula is C18H27ClHf-2. The van der Waals surface area contributed by atoms with E-state index in [1.54, 1.807) is 0 Å². The molecule has 0 aromatic carbocycles. The van der Waals surface area contributed by atoms with Crippen molar-refractivity contribution in [1.82, 2.24) is 0 Å². The molecular weight excluding hydrogens is 430 g/mol. The minimum Gasteiger partial charge on any atom is -0.269 e. The molecule has 0 saturated carbocycles. The summed E-state index contributed by atoms with van der Waals surface area (Å²) in [5, 5.41) is 0.